The van der Waals surface area contributed by atoms with Crippen LogP contribution in [0.2, 0.25) is 0 Å². The van der Waals surface area contributed by atoms with Gasteiger partial charge < -0.3 is 10.2 Å². The minimum atomic E-state index is -2.80. The first-order chi connectivity index (χ1) is 15.3. The number of hydrogen-bond donors (Lipinski definition) is 2. The molecule has 0 atom stereocenters. The summed E-state index contributed by atoms with van der Waals surface area (Å²) < 4.78 is 7.39. The maximum absolute atomic E-state index is 11.6. The molecule has 5 heteroatoms. The number of nitrogens with zero attached hydrogens (tertiary/aromatic N) is 2. The normalized spacial score (nSPS) is 12.8. The molecule has 0 fully saturated rings. The first-order valence-corrected chi connectivity index (χ1v) is 13.0. The zero-order valence-electron chi connectivity index (χ0n) is 21.1. The third-order valence-electron chi connectivity index (χ3n) is 5.91. The van der Waals surface area contributed by atoms with Crippen molar-refractivity contribution < 1.29 is 10.2 Å². The molecule has 176 valence electrons. The van der Waals surface area contributed by atoms with Crippen molar-refractivity contribution >= 4 is 23.5 Å². The summed E-state index contributed by atoms with van der Waals surface area (Å²) in [6.07, 6.45) is 0. The zero-order chi connectivity index (χ0) is 24.6. The average molecular weight is 465 g/mol. The number of aromatic hydroxyl groups is 2. The number of rotatable bonds is 4. The largest absolute Gasteiger partial charge is 0.507 e. The molecule has 0 unspecified atom stereocenters. The van der Waals surface area contributed by atoms with Crippen LogP contribution < -0.4 is 10.6 Å². The second kappa shape index (κ2) is 9.00. The lowest BCUT2D eigenvalue weighted by Crippen LogP contribution is -2.30. The molecular weight excluding hydrogens is 427 g/mol. The van der Waals surface area contributed by atoms with E-state index in [0.717, 1.165) is 27.4 Å². The molecule has 0 aliphatic heterocycles. The lowest BCUT2D eigenvalue weighted by molar-refractivity contribution is 0.449. The summed E-state index contributed by atoms with van der Waals surface area (Å²) in [6, 6.07) is 21.6. The fraction of sp³-hybridized carbons (Fsp3) is 0.357. The van der Waals surface area contributed by atoms with Gasteiger partial charge in [0.25, 0.3) is 0 Å². The van der Waals surface area contributed by atoms with Gasteiger partial charge in [0.15, 0.2) is 0 Å². The monoisotopic (exact) mass is 464 g/mol. The summed E-state index contributed by atoms with van der Waals surface area (Å²) in [5, 5.41) is 24.7. The lowest BCUT2D eigenvalue weighted by atomic mass is 9.86. The van der Waals surface area contributed by atoms with Gasteiger partial charge in [-0.05, 0) is 60.3 Å². The highest BCUT2D eigenvalue weighted by molar-refractivity contribution is 7.79. The van der Waals surface area contributed by atoms with Gasteiger partial charge in [0.05, 0.1) is 16.3 Å². The molecule has 2 N–H and O–H groups in total. The fourth-order valence-corrected chi connectivity index (χ4v) is 7.60. The Kier molecular flexibility index (Phi) is 6.84. The van der Waals surface area contributed by atoms with Crippen molar-refractivity contribution in [3.05, 3.63) is 77.9 Å². The minimum absolute atomic E-state index is 0.243. The van der Waals surface area contributed by atoms with E-state index in [1.807, 2.05) is 80.8 Å². The van der Waals surface area contributed by atoms with Crippen molar-refractivity contribution in [3.63, 3.8) is 0 Å². The number of hydrogen-bond acceptors (Lipinski definition) is 3. The average Bonchev–Trinajstić information content (AvgIpc) is 2.71. The second-order valence-electron chi connectivity index (χ2n) is 10.7. The molecule has 0 heterocycles. The topological polar surface area (TPSA) is 56.1 Å². The van der Waals surface area contributed by atoms with E-state index in [2.05, 4.69) is 46.2 Å². The first kappa shape index (κ1) is 25.1. The molecule has 0 aliphatic rings. The number of phenolic OH excluding ortho intramolecular Hbond substituents is 2. The highest BCUT2D eigenvalue weighted by atomic mass is 31.2. The van der Waals surface area contributed by atoms with Gasteiger partial charge in [-0.25, -0.2) is 4.74 Å². The van der Waals surface area contributed by atoms with Crippen LogP contribution in [0, 0.1) is 0 Å². The Balaban J connectivity index is 2.54. The van der Waals surface area contributed by atoms with Crippen LogP contribution in [0.5, 0.6) is 11.5 Å². The quantitative estimate of drug-likeness (QED) is 0.425. The molecule has 0 bridgehead atoms. The van der Waals surface area contributed by atoms with Crippen molar-refractivity contribution in [2.24, 2.45) is 4.74 Å². The highest BCUT2D eigenvalue weighted by Crippen LogP contribution is 2.56. The molecule has 0 saturated carbocycles. The summed E-state index contributed by atoms with van der Waals surface area (Å²) in [4.78, 5) is 0. The van der Waals surface area contributed by atoms with Crippen molar-refractivity contribution in [2.75, 3.05) is 14.1 Å². The van der Waals surface area contributed by atoms with Crippen molar-refractivity contribution in [1.29, 1.82) is 0 Å². The Morgan fingerprint density at radius 3 is 1.42 bits per heavy atom. The Labute approximate surface area is 199 Å². The number of para-hydroxylation sites is 2. The van der Waals surface area contributed by atoms with Crippen LogP contribution >= 0.6 is 7.21 Å². The first-order valence-electron chi connectivity index (χ1n) is 11.3. The van der Waals surface area contributed by atoms with Crippen LogP contribution in [0.4, 0.5) is 5.69 Å². The SMILES string of the molecule is CN(C)P(=Nc1ccccc1)(c1cccc(C(C)(C)C)c1O)c1cccc(C(C)(C)C)c1O. The minimum Gasteiger partial charge on any atom is -0.507 e. The molecule has 0 aromatic heterocycles. The van der Waals surface area contributed by atoms with Gasteiger partial charge in [-0.1, -0.05) is 84.0 Å². The molecule has 0 radical (unpaired) electrons. The summed E-state index contributed by atoms with van der Waals surface area (Å²) in [5.41, 5.74) is 2.04. The van der Waals surface area contributed by atoms with E-state index in [0.29, 0.717) is 0 Å². The van der Waals surface area contributed by atoms with Gasteiger partial charge in [0.1, 0.15) is 18.7 Å². The van der Waals surface area contributed by atoms with Crippen molar-refractivity contribution in [1.82, 2.24) is 4.67 Å². The third kappa shape index (κ3) is 4.74. The maximum atomic E-state index is 11.6. The van der Waals surface area contributed by atoms with Crippen molar-refractivity contribution in [3.8, 4) is 11.5 Å². The summed E-state index contributed by atoms with van der Waals surface area (Å²) >= 11 is 0. The molecule has 3 rings (SSSR count). The molecule has 0 spiro atoms. The van der Waals surface area contributed by atoms with Crippen molar-refractivity contribution in [2.45, 2.75) is 52.4 Å². The van der Waals surface area contributed by atoms with Crippen LogP contribution in [-0.2, 0) is 10.8 Å². The van der Waals surface area contributed by atoms with Gasteiger partial charge >= 0.3 is 0 Å². The van der Waals surface area contributed by atoms with Crippen LogP contribution in [0.1, 0.15) is 52.7 Å². The molecular formula is C28H37N2O2P. The third-order valence-corrected chi connectivity index (χ3v) is 9.66. The lowest BCUT2D eigenvalue weighted by Gasteiger charge is -2.35. The highest BCUT2D eigenvalue weighted by Gasteiger charge is 2.36. The van der Waals surface area contributed by atoms with E-state index in [9.17, 15) is 10.2 Å². The maximum Gasteiger partial charge on any atom is 0.129 e. The fourth-order valence-electron chi connectivity index (χ4n) is 4.20. The summed E-state index contributed by atoms with van der Waals surface area (Å²) in [6.45, 7) is 12.5. The number of benzene rings is 3. The van der Waals surface area contributed by atoms with E-state index in [1.54, 1.807) is 0 Å². The van der Waals surface area contributed by atoms with Gasteiger partial charge in [-0.3, -0.25) is 4.67 Å². The number of phenols is 2. The van der Waals surface area contributed by atoms with Gasteiger partial charge in [0, 0.05) is 0 Å². The van der Waals surface area contributed by atoms with Crippen LogP contribution in [0.25, 0.3) is 0 Å². The van der Waals surface area contributed by atoms with Crippen LogP contribution in [-0.4, -0.2) is 29.0 Å². The van der Waals surface area contributed by atoms with E-state index in [-0.39, 0.29) is 22.3 Å². The zero-order valence-corrected chi connectivity index (χ0v) is 22.0. The molecule has 0 saturated heterocycles. The van der Waals surface area contributed by atoms with Gasteiger partial charge in [-0.15, -0.1) is 0 Å². The predicted molar refractivity (Wildman–Crippen MR) is 142 cm³/mol. The smallest absolute Gasteiger partial charge is 0.129 e. The Bertz CT molecular complexity index is 1120. The Morgan fingerprint density at radius 2 is 1.06 bits per heavy atom. The van der Waals surface area contributed by atoms with E-state index in [4.69, 9.17) is 4.74 Å². The molecule has 33 heavy (non-hydrogen) atoms. The molecule has 4 nitrogen and oxygen atoms in total. The van der Waals surface area contributed by atoms with E-state index < -0.39 is 7.21 Å². The van der Waals surface area contributed by atoms with E-state index in [1.165, 1.54) is 0 Å². The second-order valence-corrected chi connectivity index (χ2v) is 13.9. The van der Waals surface area contributed by atoms with E-state index >= 15 is 0 Å². The van der Waals surface area contributed by atoms with Crippen LogP contribution in [0.15, 0.2) is 71.5 Å². The molecule has 3 aromatic carbocycles. The summed E-state index contributed by atoms with van der Waals surface area (Å²) in [7, 11) is 1.15. The standard InChI is InChI=1S/C28H37N2O2P/c1-27(2,3)21-16-12-18-23(25(21)31)33(30(7)8,29-20-14-10-9-11-15-20)24-19-13-17-22(26(24)32)28(4,5)6/h9-19,31-32H,1-8H3. The Hall–Kier alpha value is -2.55. The van der Waals surface area contributed by atoms with Crippen LogP contribution in [0.3, 0.4) is 0 Å². The van der Waals surface area contributed by atoms with Gasteiger partial charge in [0.2, 0.25) is 0 Å². The molecule has 0 amide bonds. The molecule has 3 aromatic rings. The summed E-state index contributed by atoms with van der Waals surface area (Å²) in [5.74, 6) is 0.486. The predicted octanol–water partition coefficient (Wildman–Crippen LogP) is 6.65. The van der Waals surface area contributed by atoms with Gasteiger partial charge in [-0.2, -0.15) is 0 Å². The Morgan fingerprint density at radius 1 is 0.636 bits per heavy atom. The molecule has 0 aliphatic carbocycles.